The first-order chi connectivity index (χ1) is 5.88. The van der Waals surface area contributed by atoms with Gasteiger partial charge in [0.1, 0.15) is 0 Å². The minimum Gasteiger partial charge on any atom is -0.344 e. The third-order valence-electron chi connectivity index (χ3n) is 2.32. The van der Waals surface area contributed by atoms with Gasteiger partial charge in [-0.3, -0.25) is 4.99 Å². The molecule has 0 unspecified atom stereocenters. The molecule has 1 fully saturated rings. The molecule has 3 nitrogen and oxygen atoms in total. The lowest BCUT2D eigenvalue weighted by Crippen LogP contribution is -2.44. The summed E-state index contributed by atoms with van der Waals surface area (Å²) in [5, 5.41) is 0. The van der Waals surface area contributed by atoms with Gasteiger partial charge in [0.25, 0.3) is 0 Å². The van der Waals surface area contributed by atoms with Crippen LogP contribution in [-0.4, -0.2) is 60.5 Å². The van der Waals surface area contributed by atoms with Crippen molar-refractivity contribution in [1.29, 1.82) is 0 Å². The van der Waals surface area contributed by atoms with E-state index < -0.39 is 0 Å². The van der Waals surface area contributed by atoms with E-state index in [1.54, 1.807) is 0 Å². The molecule has 0 N–H and O–H groups in total. The van der Waals surface area contributed by atoms with Gasteiger partial charge in [0, 0.05) is 38.2 Å². The molecule has 0 atom stereocenters. The Morgan fingerprint density at radius 3 is 2.58 bits per heavy atom. The highest BCUT2D eigenvalue weighted by atomic mass is 32.2. The number of nitrogens with zero attached hydrogens (tertiary/aromatic N) is 3. The summed E-state index contributed by atoms with van der Waals surface area (Å²) in [6.45, 7) is 4.43. The van der Waals surface area contributed by atoms with Gasteiger partial charge in [0.15, 0.2) is 5.96 Å². The summed E-state index contributed by atoms with van der Waals surface area (Å²) in [6.07, 6.45) is 0. The van der Waals surface area contributed by atoms with Crippen molar-refractivity contribution in [3.8, 4) is 0 Å². The molecule has 0 radical (unpaired) electrons. The van der Waals surface area contributed by atoms with E-state index in [4.69, 9.17) is 0 Å². The van der Waals surface area contributed by atoms with Gasteiger partial charge in [0.05, 0.1) is 6.54 Å². The second kappa shape index (κ2) is 3.56. The fourth-order valence-corrected chi connectivity index (χ4v) is 2.53. The zero-order valence-electron chi connectivity index (χ0n) is 7.49. The molecule has 68 valence electrons. The van der Waals surface area contributed by atoms with E-state index in [2.05, 4.69) is 21.8 Å². The third-order valence-corrected chi connectivity index (χ3v) is 3.27. The van der Waals surface area contributed by atoms with E-state index in [1.807, 2.05) is 11.8 Å². The molecule has 0 bridgehead atoms. The molecule has 2 rings (SSSR count). The van der Waals surface area contributed by atoms with Gasteiger partial charge in [-0.25, -0.2) is 0 Å². The van der Waals surface area contributed by atoms with Gasteiger partial charge < -0.3 is 9.80 Å². The summed E-state index contributed by atoms with van der Waals surface area (Å²) in [5.74, 6) is 3.73. The first-order valence-electron chi connectivity index (χ1n) is 4.46. The Balaban J connectivity index is 1.97. The summed E-state index contributed by atoms with van der Waals surface area (Å²) in [5.41, 5.74) is 0. The topological polar surface area (TPSA) is 18.8 Å². The van der Waals surface area contributed by atoms with E-state index in [0.717, 1.165) is 13.1 Å². The standard InChI is InChI=1S/C8H15N3S/c1-10-3-2-9-8(10)11-4-6-12-7-5-11/h2-7H2,1H3. The van der Waals surface area contributed by atoms with Gasteiger partial charge in [-0.05, 0) is 0 Å². The van der Waals surface area contributed by atoms with Gasteiger partial charge in [-0.1, -0.05) is 0 Å². The molecule has 2 aliphatic rings. The molecule has 12 heavy (non-hydrogen) atoms. The van der Waals surface area contributed by atoms with Crippen LogP contribution in [0.3, 0.4) is 0 Å². The highest BCUT2D eigenvalue weighted by Crippen LogP contribution is 2.12. The van der Waals surface area contributed by atoms with Crippen molar-refractivity contribution in [2.24, 2.45) is 4.99 Å². The quantitative estimate of drug-likeness (QED) is 0.542. The summed E-state index contributed by atoms with van der Waals surface area (Å²) in [6, 6.07) is 0. The van der Waals surface area contributed by atoms with Crippen molar-refractivity contribution in [3.63, 3.8) is 0 Å². The van der Waals surface area contributed by atoms with Crippen molar-refractivity contribution in [1.82, 2.24) is 9.80 Å². The summed E-state index contributed by atoms with van der Waals surface area (Å²) < 4.78 is 0. The maximum absolute atomic E-state index is 4.50. The average Bonchev–Trinajstić information content (AvgIpc) is 2.53. The molecule has 0 spiro atoms. The largest absolute Gasteiger partial charge is 0.344 e. The SMILES string of the molecule is CN1CCN=C1N1CCSCC1. The summed E-state index contributed by atoms with van der Waals surface area (Å²) in [4.78, 5) is 9.17. The monoisotopic (exact) mass is 185 g/mol. The van der Waals surface area contributed by atoms with Crippen LogP contribution in [0.25, 0.3) is 0 Å². The molecule has 0 aromatic rings. The smallest absolute Gasteiger partial charge is 0.196 e. The predicted molar refractivity (Wildman–Crippen MR) is 53.8 cm³/mol. The minimum absolute atomic E-state index is 0.982. The second-order valence-electron chi connectivity index (χ2n) is 3.20. The zero-order valence-corrected chi connectivity index (χ0v) is 8.31. The first-order valence-corrected chi connectivity index (χ1v) is 5.61. The number of hydrogen-bond donors (Lipinski definition) is 0. The molecule has 0 saturated carbocycles. The van der Waals surface area contributed by atoms with E-state index >= 15 is 0 Å². The normalized spacial score (nSPS) is 24.6. The van der Waals surface area contributed by atoms with Crippen LogP contribution in [0.2, 0.25) is 0 Å². The lowest BCUT2D eigenvalue weighted by molar-refractivity contribution is 0.392. The van der Waals surface area contributed by atoms with E-state index in [0.29, 0.717) is 0 Å². The second-order valence-corrected chi connectivity index (χ2v) is 4.43. The molecule has 0 aromatic heterocycles. The molecule has 0 aliphatic carbocycles. The Kier molecular flexibility index (Phi) is 2.44. The predicted octanol–water partition coefficient (Wildman–Crippen LogP) is 0.337. The fourth-order valence-electron chi connectivity index (χ4n) is 1.63. The van der Waals surface area contributed by atoms with Crippen LogP contribution < -0.4 is 0 Å². The van der Waals surface area contributed by atoms with Crippen LogP contribution in [0.1, 0.15) is 0 Å². The van der Waals surface area contributed by atoms with Crippen molar-refractivity contribution in [2.45, 2.75) is 0 Å². The number of aliphatic imine (C=N–C) groups is 1. The zero-order chi connectivity index (χ0) is 8.39. The Morgan fingerprint density at radius 1 is 1.25 bits per heavy atom. The van der Waals surface area contributed by atoms with Gasteiger partial charge in [-0.15, -0.1) is 0 Å². The lowest BCUT2D eigenvalue weighted by atomic mass is 10.5. The molecule has 1 saturated heterocycles. The summed E-state index contributed by atoms with van der Waals surface area (Å²) in [7, 11) is 2.13. The van der Waals surface area contributed by atoms with Gasteiger partial charge in [-0.2, -0.15) is 11.8 Å². The highest BCUT2D eigenvalue weighted by molar-refractivity contribution is 7.99. The van der Waals surface area contributed by atoms with Crippen molar-refractivity contribution < 1.29 is 0 Å². The van der Waals surface area contributed by atoms with Crippen molar-refractivity contribution in [2.75, 3.05) is 44.7 Å². The molecular weight excluding hydrogens is 170 g/mol. The number of likely N-dealkylation sites (N-methyl/N-ethyl adjacent to an activating group) is 1. The number of thioether (sulfide) groups is 1. The molecule has 2 aliphatic heterocycles. The summed E-state index contributed by atoms with van der Waals surface area (Å²) >= 11 is 2.04. The Morgan fingerprint density at radius 2 is 2.00 bits per heavy atom. The molecule has 0 amide bonds. The minimum atomic E-state index is 0.982. The Hall–Kier alpha value is -0.380. The first kappa shape index (κ1) is 8.23. The average molecular weight is 185 g/mol. The van der Waals surface area contributed by atoms with Crippen LogP contribution in [0.15, 0.2) is 4.99 Å². The van der Waals surface area contributed by atoms with Crippen LogP contribution in [-0.2, 0) is 0 Å². The van der Waals surface area contributed by atoms with Gasteiger partial charge >= 0.3 is 0 Å². The molecule has 0 aromatic carbocycles. The molecule has 2 heterocycles. The van der Waals surface area contributed by atoms with Crippen LogP contribution >= 0.6 is 11.8 Å². The van der Waals surface area contributed by atoms with Crippen LogP contribution in [0, 0.1) is 0 Å². The van der Waals surface area contributed by atoms with E-state index in [-0.39, 0.29) is 0 Å². The maximum Gasteiger partial charge on any atom is 0.196 e. The van der Waals surface area contributed by atoms with Crippen LogP contribution in [0.4, 0.5) is 0 Å². The Bertz CT molecular complexity index is 187. The van der Waals surface area contributed by atoms with Crippen molar-refractivity contribution >= 4 is 17.7 Å². The number of hydrogen-bond acceptors (Lipinski definition) is 4. The van der Waals surface area contributed by atoms with Crippen LogP contribution in [0.5, 0.6) is 0 Å². The maximum atomic E-state index is 4.50. The van der Waals surface area contributed by atoms with Crippen molar-refractivity contribution in [3.05, 3.63) is 0 Å². The molecular formula is C8H15N3S. The highest BCUT2D eigenvalue weighted by Gasteiger charge is 2.20. The Labute approximate surface area is 77.8 Å². The van der Waals surface area contributed by atoms with E-state index in [9.17, 15) is 0 Å². The van der Waals surface area contributed by atoms with Gasteiger partial charge in [0.2, 0.25) is 0 Å². The third kappa shape index (κ3) is 1.53. The van der Waals surface area contributed by atoms with E-state index in [1.165, 1.54) is 30.6 Å². The number of rotatable bonds is 0. The lowest BCUT2D eigenvalue weighted by Gasteiger charge is -2.31. The number of guanidine groups is 1. The fraction of sp³-hybridized carbons (Fsp3) is 0.875. The molecule has 4 heteroatoms.